The number of hydrogen-bond acceptors (Lipinski definition) is 5. The molecule has 1 aliphatic heterocycles. The number of nitrogens with one attached hydrogen (secondary N) is 1. The number of amides is 1. The number of halogens is 2. The SMILES string of the molecule is Cc1nn(Cc2ccccc2Cl)c(Cl)c1/C=C(\C#N)C(=O)Nc1ccc2c(c1)OCCO2. The Morgan fingerprint density at radius 2 is 1.97 bits per heavy atom. The topological polar surface area (TPSA) is 89.2 Å². The average Bonchev–Trinajstić information content (AvgIpc) is 3.05. The van der Waals surface area contributed by atoms with E-state index >= 15 is 0 Å². The molecule has 0 saturated carbocycles. The number of fused-ring (bicyclic) bond motifs is 1. The standard InChI is InChI=1S/C23H18Cl2N4O3/c1-14-18(22(25)29(28-14)13-15-4-2-3-5-19(15)24)10-16(12-26)23(30)27-17-6-7-20-21(11-17)32-9-8-31-20/h2-7,10-11H,8-9,13H2,1H3,(H,27,30)/b16-10+. The molecule has 0 bridgehead atoms. The van der Waals surface area contributed by atoms with Crippen LogP contribution in [-0.4, -0.2) is 28.9 Å². The van der Waals surface area contributed by atoms with Crippen LogP contribution in [0.4, 0.5) is 5.69 Å². The Kier molecular flexibility index (Phi) is 6.35. The number of carbonyl (C=O) groups is 1. The molecule has 162 valence electrons. The second kappa shape index (κ2) is 9.35. The van der Waals surface area contributed by atoms with E-state index in [4.69, 9.17) is 32.7 Å². The van der Waals surface area contributed by atoms with E-state index in [-0.39, 0.29) is 5.57 Å². The van der Waals surface area contributed by atoms with Gasteiger partial charge in [-0.25, -0.2) is 4.68 Å². The molecule has 0 spiro atoms. The van der Waals surface area contributed by atoms with E-state index < -0.39 is 5.91 Å². The summed E-state index contributed by atoms with van der Waals surface area (Å²) in [6, 6.07) is 14.4. The summed E-state index contributed by atoms with van der Waals surface area (Å²) >= 11 is 12.8. The molecule has 0 unspecified atom stereocenters. The molecule has 4 rings (SSSR count). The van der Waals surface area contributed by atoms with Crippen LogP contribution >= 0.6 is 23.2 Å². The van der Waals surface area contributed by atoms with Gasteiger partial charge in [0, 0.05) is 22.3 Å². The van der Waals surface area contributed by atoms with Gasteiger partial charge in [0.2, 0.25) is 0 Å². The van der Waals surface area contributed by atoms with Crippen molar-refractivity contribution in [3.05, 3.63) is 75.0 Å². The minimum atomic E-state index is -0.571. The molecule has 3 aromatic rings. The highest BCUT2D eigenvalue weighted by Crippen LogP contribution is 2.33. The van der Waals surface area contributed by atoms with Gasteiger partial charge >= 0.3 is 0 Å². The van der Waals surface area contributed by atoms with E-state index in [1.807, 2.05) is 24.3 Å². The van der Waals surface area contributed by atoms with Crippen molar-refractivity contribution >= 4 is 40.9 Å². The fourth-order valence-electron chi connectivity index (χ4n) is 3.24. The smallest absolute Gasteiger partial charge is 0.266 e. The lowest BCUT2D eigenvalue weighted by molar-refractivity contribution is -0.112. The maximum Gasteiger partial charge on any atom is 0.266 e. The van der Waals surface area contributed by atoms with Crippen LogP contribution < -0.4 is 14.8 Å². The van der Waals surface area contributed by atoms with E-state index in [1.54, 1.807) is 35.9 Å². The molecule has 2 heterocycles. The van der Waals surface area contributed by atoms with Crippen LogP contribution in [0.3, 0.4) is 0 Å². The van der Waals surface area contributed by atoms with Gasteiger partial charge in [-0.05, 0) is 36.8 Å². The van der Waals surface area contributed by atoms with Gasteiger partial charge < -0.3 is 14.8 Å². The van der Waals surface area contributed by atoms with Crippen LogP contribution in [0.15, 0.2) is 48.0 Å². The van der Waals surface area contributed by atoms with Gasteiger partial charge in [0.15, 0.2) is 11.5 Å². The number of benzene rings is 2. The molecule has 0 aliphatic carbocycles. The molecule has 1 aromatic heterocycles. The molecule has 0 fully saturated rings. The lowest BCUT2D eigenvalue weighted by Gasteiger charge is -2.18. The molecule has 1 aliphatic rings. The Balaban J connectivity index is 1.56. The van der Waals surface area contributed by atoms with Crippen LogP contribution in [0.5, 0.6) is 11.5 Å². The third-order valence-corrected chi connectivity index (χ3v) is 5.61. The largest absolute Gasteiger partial charge is 0.486 e. The van der Waals surface area contributed by atoms with Crippen molar-refractivity contribution in [3.8, 4) is 17.6 Å². The number of nitriles is 1. The summed E-state index contributed by atoms with van der Waals surface area (Å²) in [6.45, 7) is 3.03. The number of nitrogens with zero attached hydrogens (tertiary/aromatic N) is 3. The summed E-state index contributed by atoms with van der Waals surface area (Å²) < 4.78 is 12.6. The van der Waals surface area contributed by atoms with Gasteiger partial charge in [-0.3, -0.25) is 4.79 Å². The normalized spacial score (nSPS) is 12.9. The lowest BCUT2D eigenvalue weighted by atomic mass is 10.1. The van der Waals surface area contributed by atoms with Crippen LogP contribution in [0.2, 0.25) is 10.2 Å². The zero-order valence-corrected chi connectivity index (χ0v) is 18.6. The van der Waals surface area contributed by atoms with Gasteiger partial charge in [0.1, 0.15) is 30.0 Å². The van der Waals surface area contributed by atoms with Gasteiger partial charge in [-0.15, -0.1) is 0 Å². The van der Waals surface area contributed by atoms with Crippen molar-refractivity contribution in [1.82, 2.24) is 9.78 Å². The molecule has 1 amide bonds. The zero-order valence-electron chi connectivity index (χ0n) is 17.1. The predicted molar refractivity (Wildman–Crippen MR) is 122 cm³/mol. The summed E-state index contributed by atoms with van der Waals surface area (Å²) in [6.07, 6.45) is 1.43. The molecule has 7 nitrogen and oxygen atoms in total. The first-order valence-electron chi connectivity index (χ1n) is 9.75. The lowest BCUT2D eigenvalue weighted by Crippen LogP contribution is -2.17. The fraction of sp³-hybridized carbons (Fsp3) is 0.174. The summed E-state index contributed by atoms with van der Waals surface area (Å²) in [5.41, 5.74) is 2.31. The number of hydrogen-bond donors (Lipinski definition) is 1. The average molecular weight is 469 g/mol. The molecule has 32 heavy (non-hydrogen) atoms. The van der Waals surface area contributed by atoms with E-state index in [0.29, 0.717) is 58.4 Å². The fourth-order valence-corrected chi connectivity index (χ4v) is 3.72. The Morgan fingerprint density at radius 1 is 1.22 bits per heavy atom. The Bertz CT molecular complexity index is 1260. The molecular weight excluding hydrogens is 451 g/mol. The van der Waals surface area contributed by atoms with E-state index in [9.17, 15) is 10.1 Å². The first-order chi connectivity index (χ1) is 15.5. The minimum Gasteiger partial charge on any atom is -0.486 e. The second-order valence-electron chi connectivity index (χ2n) is 7.02. The summed E-state index contributed by atoms with van der Waals surface area (Å²) in [5, 5.41) is 17.6. The first-order valence-corrected chi connectivity index (χ1v) is 10.5. The van der Waals surface area contributed by atoms with Crippen LogP contribution in [-0.2, 0) is 11.3 Å². The maximum atomic E-state index is 12.7. The number of aromatic nitrogens is 2. The Morgan fingerprint density at radius 3 is 2.72 bits per heavy atom. The van der Waals surface area contributed by atoms with Crippen molar-refractivity contribution in [2.24, 2.45) is 0 Å². The predicted octanol–water partition coefficient (Wildman–Crippen LogP) is 4.86. The van der Waals surface area contributed by atoms with Crippen LogP contribution in [0.25, 0.3) is 6.08 Å². The van der Waals surface area contributed by atoms with Crippen molar-refractivity contribution in [2.45, 2.75) is 13.5 Å². The number of ether oxygens (including phenoxy) is 2. The van der Waals surface area contributed by atoms with Crippen LogP contribution in [0, 0.1) is 18.3 Å². The van der Waals surface area contributed by atoms with Crippen molar-refractivity contribution in [1.29, 1.82) is 5.26 Å². The molecule has 0 saturated heterocycles. The van der Waals surface area contributed by atoms with Gasteiger partial charge in [-0.2, -0.15) is 10.4 Å². The molecule has 0 atom stereocenters. The number of carbonyl (C=O) groups excluding carboxylic acids is 1. The Hall–Kier alpha value is -3.47. The molecule has 9 heteroatoms. The number of anilines is 1. The minimum absolute atomic E-state index is 0.109. The molecule has 1 N–H and O–H groups in total. The van der Waals surface area contributed by atoms with Crippen molar-refractivity contribution < 1.29 is 14.3 Å². The summed E-state index contributed by atoms with van der Waals surface area (Å²) in [4.78, 5) is 12.7. The third-order valence-electron chi connectivity index (χ3n) is 4.84. The van der Waals surface area contributed by atoms with E-state index in [2.05, 4.69) is 10.4 Å². The van der Waals surface area contributed by atoms with Gasteiger partial charge in [-0.1, -0.05) is 41.4 Å². The van der Waals surface area contributed by atoms with Gasteiger partial charge in [0.25, 0.3) is 5.91 Å². The summed E-state index contributed by atoms with van der Waals surface area (Å²) in [7, 11) is 0. The number of rotatable bonds is 5. The van der Waals surface area contributed by atoms with E-state index in [1.165, 1.54) is 6.08 Å². The van der Waals surface area contributed by atoms with E-state index in [0.717, 1.165) is 5.56 Å². The highest BCUT2D eigenvalue weighted by atomic mass is 35.5. The monoisotopic (exact) mass is 468 g/mol. The highest BCUT2D eigenvalue weighted by molar-refractivity contribution is 6.32. The van der Waals surface area contributed by atoms with Gasteiger partial charge in [0.05, 0.1) is 12.2 Å². The molecule has 0 radical (unpaired) electrons. The van der Waals surface area contributed by atoms with Crippen molar-refractivity contribution in [3.63, 3.8) is 0 Å². The zero-order chi connectivity index (χ0) is 22.7. The first kappa shape index (κ1) is 21.8. The molecule has 2 aromatic carbocycles. The maximum absolute atomic E-state index is 12.7. The third kappa shape index (κ3) is 4.57. The Labute approximate surface area is 194 Å². The summed E-state index contributed by atoms with van der Waals surface area (Å²) in [5.74, 6) is 0.577. The number of aryl methyl sites for hydroxylation is 1. The highest BCUT2D eigenvalue weighted by Gasteiger charge is 2.18. The van der Waals surface area contributed by atoms with Crippen molar-refractivity contribution in [2.75, 3.05) is 18.5 Å². The molecular formula is C23H18Cl2N4O3. The van der Waals surface area contributed by atoms with Crippen LogP contribution in [0.1, 0.15) is 16.8 Å². The quantitative estimate of drug-likeness (QED) is 0.426. The second-order valence-corrected chi connectivity index (χ2v) is 7.79.